The van der Waals surface area contributed by atoms with E-state index in [-0.39, 0.29) is 5.56 Å². The van der Waals surface area contributed by atoms with Crippen LogP contribution >= 0.6 is 0 Å². The van der Waals surface area contributed by atoms with Gasteiger partial charge >= 0.3 is 0 Å². The summed E-state index contributed by atoms with van der Waals surface area (Å²) in [5.74, 6) is 0.456. The lowest BCUT2D eigenvalue weighted by Gasteiger charge is -2.11. The number of aryl methyl sites for hydroxylation is 1. The fourth-order valence-corrected chi connectivity index (χ4v) is 2.33. The van der Waals surface area contributed by atoms with Gasteiger partial charge < -0.3 is 5.73 Å². The van der Waals surface area contributed by atoms with Crippen LogP contribution in [-0.2, 0) is 6.54 Å². The van der Waals surface area contributed by atoms with Crippen molar-refractivity contribution in [2.45, 2.75) is 13.5 Å². The molecule has 0 aliphatic heterocycles. The van der Waals surface area contributed by atoms with E-state index < -0.39 is 0 Å². The van der Waals surface area contributed by atoms with Gasteiger partial charge in [0.15, 0.2) is 0 Å². The number of aromatic nitrogens is 2. The van der Waals surface area contributed by atoms with Gasteiger partial charge in [-0.3, -0.25) is 14.3 Å². The highest BCUT2D eigenvalue weighted by molar-refractivity contribution is 5.83. The number of fused-ring (bicyclic) bond motifs is 1. The molecule has 0 unspecified atom stereocenters. The van der Waals surface area contributed by atoms with Gasteiger partial charge in [-0.1, -0.05) is 24.3 Å². The molecule has 0 saturated heterocycles. The van der Waals surface area contributed by atoms with Crippen LogP contribution in [0.3, 0.4) is 0 Å². The highest BCUT2D eigenvalue weighted by Gasteiger charge is 2.07. The average Bonchev–Trinajstić information content (AvgIpc) is 2.43. The summed E-state index contributed by atoms with van der Waals surface area (Å²) in [5, 5.41) is 1.54. The van der Waals surface area contributed by atoms with Crippen LogP contribution < -0.4 is 11.3 Å². The Bertz CT molecular complexity index is 836. The molecule has 0 aliphatic carbocycles. The summed E-state index contributed by atoms with van der Waals surface area (Å²) in [7, 11) is 0. The van der Waals surface area contributed by atoms with Crippen LogP contribution in [0.4, 0.5) is 5.82 Å². The molecule has 0 saturated carbocycles. The normalized spacial score (nSPS) is 10.8. The van der Waals surface area contributed by atoms with Crippen LogP contribution in [0, 0.1) is 6.92 Å². The fraction of sp³-hybridized carbons (Fsp3) is 0.125. The first-order chi connectivity index (χ1) is 9.65. The first kappa shape index (κ1) is 12.4. The Balaban J connectivity index is 2.14. The largest absolute Gasteiger partial charge is 0.385 e. The molecular weight excluding hydrogens is 250 g/mol. The molecule has 20 heavy (non-hydrogen) atoms. The molecular formula is C16H15N3O. The summed E-state index contributed by atoms with van der Waals surface area (Å²) < 4.78 is 1.56. The van der Waals surface area contributed by atoms with Crippen molar-refractivity contribution in [2.75, 3.05) is 5.73 Å². The Hall–Kier alpha value is -2.62. The maximum absolute atomic E-state index is 12.5. The van der Waals surface area contributed by atoms with Gasteiger partial charge in [0, 0.05) is 11.1 Å². The smallest absolute Gasteiger partial charge is 0.260 e. The third kappa shape index (κ3) is 2.16. The molecule has 4 heteroatoms. The molecule has 0 fully saturated rings. The van der Waals surface area contributed by atoms with Gasteiger partial charge in [0.2, 0.25) is 0 Å². The predicted molar refractivity (Wildman–Crippen MR) is 80.7 cm³/mol. The number of nitrogens with two attached hydrogens (primary N) is 1. The van der Waals surface area contributed by atoms with Gasteiger partial charge in [-0.05, 0) is 36.6 Å². The van der Waals surface area contributed by atoms with Gasteiger partial charge in [-0.2, -0.15) is 0 Å². The summed E-state index contributed by atoms with van der Waals surface area (Å²) >= 11 is 0. The fourth-order valence-electron chi connectivity index (χ4n) is 2.33. The molecule has 0 aliphatic rings. The first-order valence-electron chi connectivity index (χ1n) is 6.46. The second-order valence-electron chi connectivity index (χ2n) is 4.82. The van der Waals surface area contributed by atoms with Crippen molar-refractivity contribution in [1.29, 1.82) is 0 Å². The van der Waals surface area contributed by atoms with Crippen molar-refractivity contribution in [3.8, 4) is 0 Å². The minimum absolute atomic E-state index is 0.0797. The molecule has 0 spiro atoms. The summed E-state index contributed by atoms with van der Waals surface area (Å²) in [6.45, 7) is 2.31. The molecule has 0 bridgehead atoms. The van der Waals surface area contributed by atoms with E-state index in [4.69, 9.17) is 5.73 Å². The molecule has 3 aromatic rings. The zero-order chi connectivity index (χ0) is 14.1. The van der Waals surface area contributed by atoms with E-state index in [1.54, 1.807) is 4.57 Å². The van der Waals surface area contributed by atoms with Crippen molar-refractivity contribution in [3.05, 3.63) is 70.3 Å². The summed E-state index contributed by atoms with van der Waals surface area (Å²) in [4.78, 5) is 16.9. The van der Waals surface area contributed by atoms with E-state index in [1.165, 1.54) is 0 Å². The van der Waals surface area contributed by atoms with Crippen LogP contribution in [-0.4, -0.2) is 9.55 Å². The van der Waals surface area contributed by atoms with E-state index >= 15 is 0 Å². The number of nitrogens with zero attached hydrogens (tertiary/aromatic N) is 2. The van der Waals surface area contributed by atoms with E-state index in [2.05, 4.69) is 4.98 Å². The Morgan fingerprint density at radius 1 is 1.15 bits per heavy atom. The zero-order valence-electron chi connectivity index (χ0n) is 11.2. The molecule has 3 rings (SSSR count). The maximum atomic E-state index is 12.5. The molecule has 100 valence electrons. The SMILES string of the molecule is Cc1cccc(Cn2c(N)cc3ccccc3c2=O)n1. The van der Waals surface area contributed by atoms with Crippen LogP contribution in [0.2, 0.25) is 0 Å². The number of pyridine rings is 2. The Morgan fingerprint density at radius 2 is 1.95 bits per heavy atom. The van der Waals surface area contributed by atoms with Crippen LogP contribution in [0.25, 0.3) is 10.8 Å². The van der Waals surface area contributed by atoms with Gasteiger partial charge in [0.1, 0.15) is 5.82 Å². The summed E-state index contributed by atoms with van der Waals surface area (Å²) in [6.07, 6.45) is 0. The molecule has 0 radical (unpaired) electrons. The third-order valence-corrected chi connectivity index (χ3v) is 3.32. The van der Waals surface area contributed by atoms with Crippen molar-refractivity contribution in [3.63, 3.8) is 0 Å². The number of rotatable bonds is 2. The lowest BCUT2D eigenvalue weighted by Crippen LogP contribution is -2.24. The zero-order valence-corrected chi connectivity index (χ0v) is 11.2. The number of nitrogen functional groups attached to an aromatic ring is 1. The van der Waals surface area contributed by atoms with Crippen molar-refractivity contribution >= 4 is 16.6 Å². The molecule has 4 nitrogen and oxygen atoms in total. The Labute approximate surface area is 116 Å². The molecule has 2 aromatic heterocycles. The van der Waals surface area contributed by atoms with Crippen LogP contribution in [0.1, 0.15) is 11.4 Å². The maximum Gasteiger partial charge on any atom is 0.260 e. The lowest BCUT2D eigenvalue weighted by molar-refractivity contribution is 0.755. The molecule has 1 aromatic carbocycles. The van der Waals surface area contributed by atoms with Gasteiger partial charge in [0.25, 0.3) is 5.56 Å². The summed E-state index contributed by atoms with van der Waals surface area (Å²) in [5.41, 5.74) is 7.68. The van der Waals surface area contributed by atoms with Crippen molar-refractivity contribution in [1.82, 2.24) is 9.55 Å². The van der Waals surface area contributed by atoms with Crippen LogP contribution in [0.15, 0.2) is 53.3 Å². The molecule has 0 amide bonds. The molecule has 2 heterocycles. The molecule has 2 N–H and O–H groups in total. The number of anilines is 1. The van der Waals surface area contributed by atoms with Crippen molar-refractivity contribution in [2.24, 2.45) is 0 Å². The first-order valence-corrected chi connectivity index (χ1v) is 6.46. The van der Waals surface area contributed by atoms with Gasteiger partial charge in [-0.25, -0.2) is 0 Å². The number of hydrogen-bond acceptors (Lipinski definition) is 3. The topological polar surface area (TPSA) is 60.9 Å². The van der Waals surface area contributed by atoms with Gasteiger partial charge in [0.05, 0.1) is 12.2 Å². The quantitative estimate of drug-likeness (QED) is 0.773. The highest BCUT2D eigenvalue weighted by Crippen LogP contribution is 2.14. The second-order valence-corrected chi connectivity index (χ2v) is 4.82. The number of hydrogen-bond donors (Lipinski definition) is 1. The average molecular weight is 265 g/mol. The van der Waals surface area contributed by atoms with Crippen molar-refractivity contribution < 1.29 is 0 Å². The van der Waals surface area contributed by atoms with E-state index in [0.717, 1.165) is 16.8 Å². The standard InChI is InChI=1S/C16H15N3O/c1-11-5-4-7-13(18-11)10-19-15(17)9-12-6-2-3-8-14(12)16(19)20/h2-9H,10,17H2,1H3. The van der Waals surface area contributed by atoms with E-state index in [0.29, 0.717) is 17.7 Å². The van der Waals surface area contributed by atoms with E-state index in [9.17, 15) is 4.79 Å². The number of benzene rings is 1. The Morgan fingerprint density at radius 3 is 2.75 bits per heavy atom. The Kier molecular flexibility index (Phi) is 2.99. The highest BCUT2D eigenvalue weighted by atomic mass is 16.1. The van der Waals surface area contributed by atoms with Gasteiger partial charge in [-0.15, -0.1) is 0 Å². The van der Waals surface area contributed by atoms with E-state index in [1.807, 2.05) is 55.5 Å². The predicted octanol–water partition coefficient (Wildman–Crippen LogP) is 2.34. The monoisotopic (exact) mass is 265 g/mol. The third-order valence-electron chi connectivity index (χ3n) is 3.32. The minimum atomic E-state index is -0.0797. The molecule has 0 atom stereocenters. The minimum Gasteiger partial charge on any atom is -0.385 e. The summed E-state index contributed by atoms with van der Waals surface area (Å²) in [6, 6.07) is 15.0. The second kappa shape index (κ2) is 4.81. The lowest BCUT2D eigenvalue weighted by atomic mass is 10.1. The van der Waals surface area contributed by atoms with Crippen LogP contribution in [0.5, 0.6) is 0 Å².